The summed E-state index contributed by atoms with van der Waals surface area (Å²) >= 11 is 6.25. The third kappa shape index (κ3) is 5.26. The van der Waals surface area contributed by atoms with Crippen LogP contribution in [0.3, 0.4) is 0 Å². The molecule has 1 saturated carbocycles. The van der Waals surface area contributed by atoms with Crippen LogP contribution in [0.1, 0.15) is 37.0 Å². The minimum Gasteiger partial charge on any atom is -0.456 e. The van der Waals surface area contributed by atoms with E-state index in [4.69, 9.17) is 25.5 Å². The number of carbonyl (C=O) groups is 2. The Morgan fingerprint density at radius 3 is 2.32 bits per heavy atom. The summed E-state index contributed by atoms with van der Waals surface area (Å²) in [4.78, 5) is 27.6. The lowest BCUT2D eigenvalue weighted by molar-refractivity contribution is -0.136. The number of fused-ring (bicyclic) bond motifs is 1. The number of carbonyl (C=O) groups excluding carboxylic acids is 2. The molecule has 5 aromatic rings. The topological polar surface area (TPSA) is 90.7 Å². The highest BCUT2D eigenvalue weighted by molar-refractivity contribution is 6.31. The molecule has 0 aliphatic heterocycles. The Balaban J connectivity index is 1.27. The van der Waals surface area contributed by atoms with Gasteiger partial charge in [-0.2, -0.15) is 9.37 Å². The zero-order valence-electron chi connectivity index (χ0n) is 21.9. The van der Waals surface area contributed by atoms with Crippen molar-refractivity contribution in [3.63, 3.8) is 0 Å². The Bertz CT molecular complexity index is 1750. The maximum absolute atomic E-state index is 13.9. The molecule has 1 aliphatic rings. The number of anilines is 1. The predicted octanol–water partition coefficient (Wildman–Crippen LogP) is 8.43. The third-order valence-electron chi connectivity index (χ3n) is 7.24. The molecule has 1 amide bonds. The van der Waals surface area contributed by atoms with E-state index in [-0.39, 0.29) is 5.71 Å². The van der Waals surface area contributed by atoms with Crippen molar-refractivity contribution in [2.75, 3.05) is 5.32 Å². The molecule has 0 radical (unpaired) electrons. The van der Waals surface area contributed by atoms with E-state index in [1.54, 1.807) is 25.1 Å². The second kappa shape index (κ2) is 10.7. The number of hydrogen-bond donors (Lipinski definition) is 1. The van der Waals surface area contributed by atoms with Gasteiger partial charge >= 0.3 is 6.09 Å². The number of pyridine rings is 1. The maximum atomic E-state index is 13.9. The highest BCUT2D eigenvalue weighted by Crippen LogP contribution is 2.49. The second-order valence-corrected chi connectivity index (χ2v) is 10.3. The van der Waals surface area contributed by atoms with E-state index in [9.17, 15) is 14.0 Å². The van der Waals surface area contributed by atoms with Crippen molar-refractivity contribution in [3.8, 4) is 22.5 Å². The minimum atomic E-state index is -0.727. The average Bonchev–Trinajstić information content (AvgIpc) is 3.68. The molecule has 1 atom stereocenters. The van der Waals surface area contributed by atoms with Crippen LogP contribution in [0.2, 0.25) is 5.02 Å². The first-order chi connectivity index (χ1) is 19.9. The summed E-state index contributed by atoms with van der Waals surface area (Å²) in [6.45, 7) is 2.22. The molecule has 1 aliphatic carbocycles. The minimum absolute atomic E-state index is 0.0423. The van der Waals surface area contributed by atoms with Gasteiger partial charge in [-0.1, -0.05) is 78.3 Å². The van der Waals surface area contributed by atoms with Crippen LogP contribution >= 0.6 is 11.6 Å². The lowest BCUT2D eigenvalue weighted by Crippen LogP contribution is -2.16. The number of aromatic nitrogens is 1. The molecule has 3 aromatic carbocycles. The highest BCUT2D eigenvalue weighted by atomic mass is 35.5. The first-order valence-corrected chi connectivity index (χ1v) is 13.4. The number of amides is 1. The predicted molar refractivity (Wildman–Crippen MR) is 153 cm³/mol. The zero-order valence-corrected chi connectivity index (χ0v) is 22.7. The van der Waals surface area contributed by atoms with Gasteiger partial charge in [0.2, 0.25) is 11.7 Å². The SMILES string of the molecule is C[C@@H](OC(=O)Nc1c(-c2ccc(-c3ccc(C4(OC=O)CC4)cc3)cc2)oc2nc(F)ccc12)c1ccccc1Cl. The van der Waals surface area contributed by atoms with Crippen molar-refractivity contribution in [2.24, 2.45) is 0 Å². The molecule has 41 heavy (non-hydrogen) atoms. The van der Waals surface area contributed by atoms with Crippen molar-refractivity contribution >= 4 is 41.0 Å². The van der Waals surface area contributed by atoms with Gasteiger partial charge in [0.1, 0.15) is 17.4 Å². The summed E-state index contributed by atoms with van der Waals surface area (Å²) in [6.07, 6.45) is 0.290. The van der Waals surface area contributed by atoms with Crippen LogP contribution in [0.4, 0.5) is 14.9 Å². The molecule has 2 heterocycles. The van der Waals surface area contributed by atoms with Crippen LogP contribution in [0.25, 0.3) is 33.6 Å². The van der Waals surface area contributed by atoms with Gasteiger partial charge in [-0.25, -0.2) is 4.79 Å². The number of ether oxygens (including phenoxy) is 2. The molecule has 6 rings (SSSR count). The molecule has 2 aromatic heterocycles. The fraction of sp³-hybridized carbons (Fsp3) is 0.156. The Morgan fingerprint density at radius 1 is 1.00 bits per heavy atom. The second-order valence-electron chi connectivity index (χ2n) is 9.85. The quantitative estimate of drug-likeness (QED) is 0.149. The molecule has 0 saturated heterocycles. The summed E-state index contributed by atoms with van der Waals surface area (Å²) in [6, 6.07) is 25.2. The molecule has 7 nitrogen and oxygen atoms in total. The number of nitrogens with one attached hydrogen (secondary N) is 1. The van der Waals surface area contributed by atoms with Gasteiger partial charge in [0.25, 0.3) is 6.47 Å². The Labute approximate surface area is 239 Å². The van der Waals surface area contributed by atoms with Crippen LogP contribution in [-0.2, 0) is 19.9 Å². The van der Waals surface area contributed by atoms with E-state index >= 15 is 0 Å². The van der Waals surface area contributed by atoms with E-state index in [1.807, 2.05) is 54.6 Å². The fourth-order valence-electron chi connectivity index (χ4n) is 4.90. The Hall–Kier alpha value is -4.69. The third-order valence-corrected chi connectivity index (χ3v) is 7.59. The van der Waals surface area contributed by atoms with Crippen LogP contribution in [0.15, 0.2) is 89.3 Å². The monoisotopic (exact) mass is 570 g/mol. The fourth-order valence-corrected chi connectivity index (χ4v) is 5.19. The van der Waals surface area contributed by atoms with E-state index in [0.717, 1.165) is 29.5 Å². The van der Waals surface area contributed by atoms with Crippen LogP contribution in [0, 0.1) is 5.95 Å². The average molecular weight is 571 g/mol. The molecular formula is C32H24ClFN2O5. The lowest BCUT2D eigenvalue weighted by Gasteiger charge is -2.15. The van der Waals surface area contributed by atoms with Crippen molar-refractivity contribution in [1.82, 2.24) is 4.98 Å². The van der Waals surface area contributed by atoms with Gasteiger partial charge < -0.3 is 13.9 Å². The number of hydrogen-bond acceptors (Lipinski definition) is 6. The van der Waals surface area contributed by atoms with Crippen molar-refractivity contribution in [1.29, 1.82) is 0 Å². The van der Waals surface area contributed by atoms with Gasteiger partial charge in [-0.15, -0.1) is 0 Å². The van der Waals surface area contributed by atoms with Crippen LogP contribution in [-0.4, -0.2) is 17.5 Å². The van der Waals surface area contributed by atoms with Crippen molar-refractivity contribution < 1.29 is 27.9 Å². The maximum Gasteiger partial charge on any atom is 0.412 e. The molecule has 9 heteroatoms. The summed E-state index contributed by atoms with van der Waals surface area (Å²) < 4.78 is 30.7. The summed E-state index contributed by atoms with van der Waals surface area (Å²) in [7, 11) is 0. The zero-order chi connectivity index (χ0) is 28.6. The van der Waals surface area contributed by atoms with E-state index in [2.05, 4.69) is 10.3 Å². The molecule has 0 unspecified atom stereocenters. The number of benzene rings is 3. The normalized spacial score (nSPS) is 14.3. The van der Waals surface area contributed by atoms with Gasteiger partial charge in [-0.05, 0) is 54.7 Å². The van der Waals surface area contributed by atoms with Gasteiger partial charge in [0.15, 0.2) is 5.76 Å². The smallest absolute Gasteiger partial charge is 0.412 e. The summed E-state index contributed by atoms with van der Waals surface area (Å²) in [5, 5.41) is 3.67. The molecule has 0 spiro atoms. The first kappa shape index (κ1) is 26.5. The van der Waals surface area contributed by atoms with Crippen molar-refractivity contribution in [2.45, 2.75) is 31.5 Å². The number of furan rings is 1. The number of nitrogens with zero attached hydrogens (tertiary/aromatic N) is 1. The Kier molecular flexibility index (Phi) is 6.93. The number of rotatable bonds is 8. The van der Waals surface area contributed by atoms with Gasteiger partial charge in [0.05, 0.1) is 5.39 Å². The highest BCUT2D eigenvalue weighted by Gasteiger charge is 2.46. The van der Waals surface area contributed by atoms with Crippen molar-refractivity contribution in [3.05, 3.63) is 107 Å². The van der Waals surface area contributed by atoms with Crippen LogP contribution < -0.4 is 5.32 Å². The van der Waals surface area contributed by atoms with Gasteiger partial charge in [0, 0.05) is 16.1 Å². The summed E-state index contributed by atoms with van der Waals surface area (Å²) in [5.41, 5.74) is 4.07. The van der Waals surface area contributed by atoms with E-state index < -0.39 is 23.7 Å². The molecule has 206 valence electrons. The lowest BCUT2D eigenvalue weighted by atomic mass is 9.99. The standard InChI is InChI=1S/C32H24ClFN2O5/c1-19(24-4-2-3-5-26(24)33)40-31(38)36-28-25-14-15-27(34)35-30(25)41-29(28)22-8-6-20(7-9-22)21-10-12-23(13-11-21)32(16-17-32)39-18-37/h2-15,18-19H,16-17H2,1H3,(H,36,38)/t19-/m1/s1. The Morgan fingerprint density at radius 2 is 1.66 bits per heavy atom. The van der Waals surface area contributed by atoms with E-state index in [0.29, 0.717) is 39.5 Å². The van der Waals surface area contributed by atoms with E-state index in [1.165, 1.54) is 12.1 Å². The molecule has 1 N–H and O–H groups in total. The summed E-state index contributed by atoms with van der Waals surface area (Å²) in [5.74, 6) is -0.395. The first-order valence-electron chi connectivity index (χ1n) is 13.0. The number of halogens is 2. The largest absolute Gasteiger partial charge is 0.456 e. The molecule has 1 fully saturated rings. The van der Waals surface area contributed by atoms with Crippen LogP contribution in [0.5, 0.6) is 0 Å². The molecule has 0 bridgehead atoms. The van der Waals surface area contributed by atoms with Gasteiger partial charge in [-0.3, -0.25) is 10.1 Å². The molecular weight excluding hydrogens is 547 g/mol.